The highest BCUT2D eigenvalue weighted by molar-refractivity contribution is 7.92. The molecule has 0 saturated carbocycles. The van der Waals surface area contributed by atoms with Crippen LogP contribution in [0.4, 0.5) is 21.5 Å². The summed E-state index contributed by atoms with van der Waals surface area (Å²) in [5, 5.41) is 10.8. The number of nitrogens with zero attached hydrogens (tertiary/aromatic N) is 3. The number of benzene rings is 3. The van der Waals surface area contributed by atoms with Gasteiger partial charge in [0.25, 0.3) is 5.91 Å². The summed E-state index contributed by atoms with van der Waals surface area (Å²) in [5.41, 5.74) is 2.58. The Balaban J connectivity index is 1.83. The molecule has 4 aromatic rings. The van der Waals surface area contributed by atoms with E-state index in [9.17, 15) is 17.6 Å². The summed E-state index contributed by atoms with van der Waals surface area (Å²) in [5.74, 6) is -0.456. The second kappa shape index (κ2) is 9.86. The summed E-state index contributed by atoms with van der Waals surface area (Å²) < 4.78 is 46.9. The number of rotatable bonds is 8. The quantitative estimate of drug-likeness (QED) is 0.370. The fraction of sp³-hybridized carbons (Fsp3) is 0.200. The topological polar surface area (TPSA) is 106 Å². The summed E-state index contributed by atoms with van der Waals surface area (Å²) in [6, 6.07) is 16.5. The zero-order valence-electron chi connectivity index (χ0n) is 20.2. The first-order valence-electron chi connectivity index (χ1n) is 11.1. The molecule has 4 rings (SSSR count). The van der Waals surface area contributed by atoms with Gasteiger partial charge in [0.15, 0.2) is 0 Å². The summed E-state index contributed by atoms with van der Waals surface area (Å²) in [6.07, 6.45) is 1.12. The van der Waals surface area contributed by atoms with Gasteiger partial charge in [-0.1, -0.05) is 12.1 Å². The monoisotopic (exact) mass is 511 g/mol. The van der Waals surface area contributed by atoms with E-state index >= 15 is 0 Å². The average Bonchev–Trinajstić information content (AvgIpc) is 3.22. The Morgan fingerprint density at radius 3 is 2.42 bits per heavy atom. The van der Waals surface area contributed by atoms with Crippen molar-refractivity contribution in [1.82, 2.24) is 15.1 Å². The van der Waals surface area contributed by atoms with E-state index in [4.69, 9.17) is 4.74 Å². The molecular weight excluding hydrogens is 485 g/mol. The Morgan fingerprint density at radius 2 is 1.83 bits per heavy atom. The van der Waals surface area contributed by atoms with Crippen LogP contribution in [0, 0.1) is 5.82 Å². The Hall–Kier alpha value is -4.12. The molecule has 3 aromatic carbocycles. The molecule has 2 N–H and O–H groups in total. The van der Waals surface area contributed by atoms with Crippen LogP contribution in [0.1, 0.15) is 17.4 Å². The maximum atomic E-state index is 14.0. The number of sulfonamides is 1. The van der Waals surface area contributed by atoms with E-state index < -0.39 is 10.0 Å². The number of hydrogen-bond acceptors (Lipinski definition) is 6. The lowest BCUT2D eigenvalue weighted by Gasteiger charge is -2.22. The molecule has 11 heteroatoms. The number of ether oxygens (including phenoxy) is 1. The van der Waals surface area contributed by atoms with Gasteiger partial charge in [-0.3, -0.25) is 9.10 Å². The minimum Gasteiger partial charge on any atom is -0.495 e. The van der Waals surface area contributed by atoms with Crippen molar-refractivity contribution in [2.75, 3.05) is 36.6 Å². The number of nitrogens with one attached hydrogen (secondary N) is 2. The minimum atomic E-state index is -3.57. The lowest BCUT2D eigenvalue weighted by atomic mass is 10.1. The van der Waals surface area contributed by atoms with Gasteiger partial charge in [-0.25, -0.2) is 17.5 Å². The fourth-order valence-electron chi connectivity index (χ4n) is 3.97. The number of fused-ring (bicyclic) bond motifs is 1. The van der Waals surface area contributed by atoms with Gasteiger partial charge in [0, 0.05) is 24.7 Å². The van der Waals surface area contributed by atoms with Crippen LogP contribution in [0.25, 0.3) is 16.6 Å². The second-order valence-electron chi connectivity index (χ2n) is 7.96. The van der Waals surface area contributed by atoms with Gasteiger partial charge in [-0.05, 0) is 55.5 Å². The molecule has 0 fully saturated rings. The largest absolute Gasteiger partial charge is 0.495 e. The van der Waals surface area contributed by atoms with Crippen molar-refractivity contribution in [2.45, 2.75) is 6.92 Å². The lowest BCUT2D eigenvalue weighted by molar-refractivity contribution is 0.0957. The Bertz CT molecular complexity index is 1530. The number of hydrogen-bond donors (Lipinski definition) is 2. The predicted molar refractivity (Wildman–Crippen MR) is 139 cm³/mol. The molecule has 36 heavy (non-hydrogen) atoms. The summed E-state index contributed by atoms with van der Waals surface area (Å²) in [4.78, 5) is 12.9. The number of carbonyl (C=O) groups is 1. The van der Waals surface area contributed by atoms with Crippen LogP contribution < -0.4 is 19.7 Å². The maximum absolute atomic E-state index is 14.0. The zero-order valence-corrected chi connectivity index (χ0v) is 21.1. The van der Waals surface area contributed by atoms with Crippen molar-refractivity contribution < 1.29 is 22.3 Å². The highest BCUT2D eigenvalue weighted by atomic mass is 32.2. The van der Waals surface area contributed by atoms with Gasteiger partial charge < -0.3 is 15.4 Å². The van der Waals surface area contributed by atoms with E-state index in [0.717, 1.165) is 6.26 Å². The highest BCUT2D eigenvalue weighted by Gasteiger charge is 2.25. The summed E-state index contributed by atoms with van der Waals surface area (Å²) in [7, 11) is -0.622. The second-order valence-corrected chi connectivity index (χ2v) is 9.87. The van der Waals surface area contributed by atoms with Crippen molar-refractivity contribution in [3.63, 3.8) is 0 Å². The van der Waals surface area contributed by atoms with E-state index in [1.165, 1.54) is 29.2 Å². The first-order chi connectivity index (χ1) is 17.2. The van der Waals surface area contributed by atoms with Crippen LogP contribution in [0.3, 0.4) is 0 Å². The third-order valence-corrected chi connectivity index (χ3v) is 6.89. The molecule has 0 atom stereocenters. The number of halogens is 1. The van der Waals surface area contributed by atoms with Crippen LogP contribution in [-0.2, 0) is 10.0 Å². The Labute approximate surface area is 208 Å². The van der Waals surface area contributed by atoms with Crippen LogP contribution in [0.15, 0.2) is 60.7 Å². The van der Waals surface area contributed by atoms with Gasteiger partial charge in [0.1, 0.15) is 17.3 Å². The van der Waals surface area contributed by atoms with Gasteiger partial charge in [0.2, 0.25) is 10.0 Å². The van der Waals surface area contributed by atoms with Crippen molar-refractivity contribution in [3.05, 3.63) is 72.2 Å². The molecule has 0 radical (unpaired) electrons. The molecule has 0 aliphatic rings. The zero-order chi connectivity index (χ0) is 26.0. The van der Waals surface area contributed by atoms with E-state index in [0.29, 0.717) is 39.4 Å². The molecule has 0 spiro atoms. The van der Waals surface area contributed by atoms with Crippen molar-refractivity contribution in [1.29, 1.82) is 0 Å². The molecule has 9 nitrogen and oxygen atoms in total. The number of carbonyl (C=O) groups excluding carboxylic acids is 1. The van der Waals surface area contributed by atoms with Crippen LogP contribution in [0.2, 0.25) is 0 Å². The SMILES string of the molecule is CCN(c1cc2nn(-c3ccc(Nc4ccccc4F)cc3)c(C(=O)NC)c2cc1OC)S(C)(=O)=O. The standard InChI is InChI=1S/C25H26FN5O4S/c1-5-30(36(4,33)34)22-15-21-18(14-23(22)35-3)24(25(32)27-2)31(29-21)17-12-10-16(11-13-17)28-20-9-7-6-8-19(20)26/h6-15,28H,5H2,1-4H3,(H,27,32). The Morgan fingerprint density at radius 1 is 1.14 bits per heavy atom. The van der Waals surface area contributed by atoms with Crippen LogP contribution in [0.5, 0.6) is 5.75 Å². The molecule has 1 amide bonds. The number of para-hydroxylation sites is 1. The van der Waals surface area contributed by atoms with Gasteiger partial charge >= 0.3 is 0 Å². The first kappa shape index (κ1) is 25.0. The minimum absolute atomic E-state index is 0.195. The number of anilines is 3. The molecule has 0 saturated heterocycles. The van der Waals surface area contributed by atoms with Gasteiger partial charge in [0.05, 0.1) is 35.9 Å². The number of methoxy groups -OCH3 is 1. The van der Waals surface area contributed by atoms with Crippen LogP contribution in [-0.4, -0.2) is 51.1 Å². The lowest BCUT2D eigenvalue weighted by Crippen LogP contribution is -2.29. The molecule has 0 bridgehead atoms. The maximum Gasteiger partial charge on any atom is 0.270 e. The summed E-state index contributed by atoms with van der Waals surface area (Å²) in [6.45, 7) is 1.91. The first-order valence-corrected chi connectivity index (χ1v) is 12.9. The van der Waals surface area contributed by atoms with E-state index in [1.807, 2.05) is 0 Å². The Kier molecular flexibility index (Phi) is 6.84. The summed E-state index contributed by atoms with van der Waals surface area (Å²) >= 11 is 0. The van der Waals surface area contributed by atoms with Crippen molar-refractivity contribution >= 4 is 43.9 Å². The molecule has 188 valence electrons. The van der Waals surface area contributed by atoms with Gasteiger partial charge in [-0.15, -0.1) is 0 Å². The van der Waals surface area contributed by atoms with Crippen molar-refractivity contribution in [2.24, 2.45) is 0 Å². The molecule has 1 heterocycles. The highest BCUT2D eigenvalue weighted by Crippen LogP contribution is 2.36. The molecule has 0 aliphatic carbocycles. The normalized spacial score (nSPS) is 11.4. The smallest absolute Gasteiger partial charge is 0.270 e. The molecular formula is C25H26FN5O4S. The van der Waals surface area contributed by atoms with Gasteiger partial charge in [-0.2, -0.15) is 5.10 Å². The number of aromatic nitrogens is 2. The third-order valence-electron chi connectivity index (χ3n) is 5.63. The third kappa shape index (κ3) is 4.69. The van der Waals surface area contributed by atoms with E-state index in [1.54, 1.807) is 61.5 Å². The molecule has 0 unspecified atom stereocenters. The molecule has 0 aliphatic heterocycles. The fourth-order valence-corrected chi connectivity index (χ4v) is 4.94. The van der Waals surface area contributed by atoms with Crippen molar-refractivity contribution in [3.8, 4) is 11.4 Å². The van der Waals surface area contributed by atoms with E-state index in [-0.39, 0.29) is 24.0 Å². The average molecular weight is 512 g/mol. The van der Waals surface area contributed by atoms with E-state index in [2.05, 4.69) is 15.7 Å². The predicted octanol–water partition coefficient (Wildman–Crippen LogP) is 4.06. The number of amides is 1. The molecule has 1 aromatic heterocycles. The van der Waals surface area contributed by atoms with Crippen LogP contribution >= 0.6 is 0 Å².